The van der Waals surface area contributed by atoms with Gasteiger partial charge in [0.15, 0.2) is 11.7 Å². The number of hydrogen-bond donors (Lipinski definition) is 4. The largest absolute Gasteiger partial charge is 0.494 e. The number of nitrogens with zero attached hydrogens (tertiary/aromatic N) is 4. The Labute approximate surface area is 221 Å². The van der Waals surface area contributed by atoms with E-state index >= 15 is 0 Å². The van der Waals surface area contributed by atoms with E-state index in [1.165, 1.54) is 0 Å². The Balaban J connectivity index is 1.79. The molecule has 16 heteroatoms. The van der Waals surface area contributed by atoms with E-state index in [4.69, 9.17) is 10.1 Å². The summed E-state index contributed by atoms with van der Waals surface area (Å²) >= 11 is 0. The van der Waals surface area contributed by atoms with Gasteiger partial charge in [0.05, 0.1) is 5.92 Å². The summed E-state index contributed by atoms with van der Waals surface area (Å²) in [6, 6.07) is -1.08. The number of nitrogens with one attached hydrogen (secondary N) is 3. The molecular formula is C23H32F5N7O4. The molecule has 4 N–H and O–H groups in total. The third-order valence-corrected chi connectivity index (χ3v) is 6.21. The topological polar surface area (TPSA) is 155 Å². The van der Waals surface area contributed by atoms with Crippen molar-refractivity contribution in [2.75, 3.05) is 0 Å². The summed E-state index contributed by atoms with van der Waals surface area (Å²) in [7, 11) is 0. The first kappa shape index (κ1) is 30.2. The van der Waals surface area contributed by atoms with E-state index in [9.17, 15) is 36.6 Å². The van der Waals surface area contributed by atoms with Crippen LogP contribution in [0.1, 0.15) is 64.6 Å². The number of hydrogen-bond acceptors (Lipinski definition) is 8. The molecule has 0 saturated heterocycles. The van der Waals surface area contributed by atoms with Crippen LogP contribution in [-0.4, -0.2) is 67.3 Å². The number of aliphatic hydroxyl groups excluding tert-OH is 1. The fourth-order valence-corrected chi connectivity index (χ4v) is 4.44. The van der Waals surface area contributed by atoms with Gasteiger partial charge in [-0.1, -0.05) is 0 Å². The number of tetrazole rings is 1. The third kappa shape index (κ3) is 9.42. The van der Waals surface area contributed by atoms with Gasteiger partial charge in [0.2, 0.25) is 12.3 Å². The van der Waals surface area contributed by atoms with E-state index in [-0.39, 0.29) is 22.4 Å². The maximum atomic E-state index is 13.2. The number of aliphatic hydroxyl groups is 1. The molecule has 2 amide bonds. The minimum Gasteiger partial charge on any atom is -0.494 e. The number of alkyl halides is 5. The first-order chi connectivity index (χ1) is 18.0. The van der Waals surface area contributed by atoms with Crippen LogP contribution in [0.5, 0.6) is 0 Å². The zero-order chi connectivity index (χ0) is 29.1. The van der Waals surface area contributed by atoms with Crippen LogP contribution in [0.3, 0.4) is 0 Å². The number of amides is 2. The summed E-state index contributed by atoms with van der Waals surface area (Å²) in [5, 5.41) is 33.0. The number of allylic oxidation sites excluding steroid dienone is 1. The zero-order valence-corrected chi connectivity index (χ0v) is 21.6. The van der Waals surface area contributed by atoms with Crippen molar-refractivity contribution in [3.05, 3.63) is 17.8 Å². The molecule has 2 fully saturated rings. The molecule has 1 heterocycles. The zero-order valence-electron chi connectivity index (χ0n) is 21.6. The lowest BCUT2D eigenvalue weighted by atomic mass is 9.89. The molecule has 0 aromatic carbocycles. The van der Waals surface area contributed by atoms with E-state index in [2.05, 4.69) is 26.2 Å². The molecule has 1 unspecified atom stereocenters. The van der Waals surface area contributed by atoms with Crippen molar-refractivity contribution in [3.8, 4) is 0 Å². The quantitative estimate of drug-likeness (QED) is 0.171. The molecule has 0 aliphatic heterocycles. The van der Waals surface area contributed by atoms with Crippen molar-refractivity contribution in [2.45, 2.75) is 89.6 Å². The van der Waals surface area contributed by atoms with E-state index in [1.54, 1.807) is 20.8 Å². The summed E-state index contributed by atoms with van der Waals surface area (Å²) < 4.78 is 70.6. The van der Waals surface area contributed by atoms with Crippen molar-refractivity contribution in [1.29, 1.82) is 5.41 Å². The van der Waals surface area contributed by atoms with Gasteiger partial charge in [-0.15, -0.1) is 5.10 Å². The molecule has 0 bridgehead atoms. The van der Waals surface area contributed by atoms with Crippen LogP contribution < -0.4 is 10.6 Å². The van der Waals surface area contributed by atoms with Gasteiger partial charge in [0.1, 0.15) is 18.2 Å². The average molecular weight is 566 g/mol. The van der Waals surface area contributed by atoms with Crippen LogP contribution in [0.4, 0.5) is 26.7 Å². The highest BCUT2D eigenvalue weighted by molar-refractivity contribution is 5.98. The van der Waals surface area contributed by atoms with Crippen LogP contribution in [-0.2, 0) is 16.1 Å². The Hall–Kier alpha value is -3.33. The second-order valence-electron chi connectivity index (χ2n) is 10.8. The molecule has 0 spiro atoms. The summed E-state index contributed by atoms with van der Waals surface area (Å²) in [5.74, 6) is -3.93. The number of rotatable bonds is 12. The number of aromatic nitrogens is 4. The summed E-state index contributed by atoms with van der Waals surface area (Å²) in [4.78, 5) is 25.7. The predicted molar refractivity (Wildman–Crippen MR) is 126 cm³/mol. The monoisotopic (exact) mass is 565 g/mol. The lowest BCUT2D eigenvalue weighted by Crippen LogP contribution is -2.53. The van der Waals surface area contributed by atoms with Crippen LogP contribution in [0, 0.1) is 23.2 Å². The number of carbonyl (C=O) groups excluding carboxylic acids is 2. The van der Waals surface area contributed by atoms with Gasteiger partial charge in [-0.05, 0) is 74.6 Å². The maximum absolute atomic E-state index is 13.2. The molecule has 0 radical (unpaired) electrons. The second kappa shape index (κ2) is 11.8. The van der Waals surface area contributed by atoms with Gasteiger partial charge in [-0.3, -0.25) is 10.1 Å². The number of alkyl carbamates (subject to hydrolysis) is 1. The Bertz CT molecular complexity index is 1070. The van der Waals surface area contributed by atoms with Crippen molar-refractivity contribution in [2.24, 2.45) is 17.8 Å². The first-order valence-electron chi connectivity index (χ1n) is 12.4. The van der Waals surface area contributed by atoms with E-state index < -0.39 is 72.5 Å². The summed E-state index contributed by atoms with van der Waals surface area (Å²) in [6.07, 6.45) is -5.64. The number of ether oxygens (including phenoxy) is 1. The van der Waals surface area contributed by atoms with Crippen LogP contribution in [0.2, 0.25) is 0 Å². The first-order valence-corrected chi connectivity index (χ1v) is 12.4. The van der Waals surface area contributed by atoms with Gasteiger partial charge in [-0.2, -0.15) is 13.2 Å². The Morgan fingerprint density at radius 3 is 2.26 bits per heavy atom. The molecule has 2 aliphatic carbocycles. The molecule has 218 valence electrons. The average Bonchev–Trinajstić information content (AvgIpc) is 3.69. The molecule has 2 saturated carbocycles. The van der Waals surface area contributed by atoms with Gasteiger partial charge >= 0.3 is 12.3 Å². The summed E-state index contributed by atoms with van der Waals surface area (Å²) in [6.45, 7) is 3.29. The predicted octanol–water partition coefficient (Wildman–Crippen LogP) is 3.84. The van der Waals surface area contributed by atoms with E-state index in [1.807, 2.05) is 0 Å². The fraction of sp³-hybridized carbons (Fsp3) is 0.739. The lowest BCUT2D eigenvalue weighted by Gasteiger charge is -2.29. The summed E-state index contributed by atoms with van der Waals surface area (Å²) in [5.41, 5.74) is -1.60. The standard InChI is InChI=1S/C23H32F5N7O4/c1-22(2,3)39-21(38)31-18(17(11-4-5-11)12-6-7-12)20(37)30-16(36)9-14(29)13(8-15(24)25)19-32-33-34-35(19)10-23(26,27)28/h9,11-13,15,17-18,29,36H,4-8,10H2,1-3H3,(H,30,37)(H,31,38)/b16-9-,29-14?/t13?,18-/m0/s1. The van der Waals surface area contributed by atoms with Gasteiger partial charge in [0.25, 0.3) is 0 Å². The smallest absolute Gasteiger partial charge is 0.408 e. The molecule has 1 aromatic heterocycles. The van der Waals surface area contributed by atoms with Crippen molar-refractivity contribution in [1.82, 2.24) is 30.8 Å². The highest BCUT2D eigenvalue weighted by Crippen LogP contribution is 2.50. The van der Waals surface area contributed by atoms with E-state index in [0.717, 1.165) is 25.7 Å². The van der Waals surface area contributed by atoms with Crippen LogP contribution >= 0.6 is 0 Å². The molecule has 2 aliphatic rings. The molecule has 1 aromatic rings. The Morgan fingerprint density at radius 1 is 1.18 bits per heavy atom. The number of carbonyl (C=O) groups is 2. The van der Waals surface area contributed by atoms with Crippen molar-refractivity contribution < 1.29 is 41.4 Å². The Morgan fingerprint density at radius 2 is 1.77 bits per heavy atom. The fourth-order valence-electron chi connectivity index (χ4n) is 4.44. The highest BCUT2D eigenvalue weighted by Gasteiger charge is 2.48. The molecular weight excluding hydrogens is 533 g/mol. The Kier molecular flexibility index (Phi) is 9.16. The SMILES string of the molecule is CC(C)(C)OC(=O)N[C@H](C(=O)N/C(O)=C/C(=N)C(CC(F)F)c1nnnn1CC(F)(F)F)C(C1CC1)C1CC1. The lowest BCUT2D eigenvalue weighted by molar-refractivity contribution is -0.143. The van der Waals surface area contributed by atoms with Crippen LogP contribution in [0.25, 0.3) is 0 Å². The molecule has 11 nitrogen and oxygen atoms in total. The van der Waals surface area contributed by atoms with E-state index in [0.29, 0.717) is 6.08 Å². The third-order valence-electron chi connectivity index (χ3n) is 6.21. The van der Waals surface area contributed by atoms with Gasteiger partial charge in [0, 0.05) is 18.2 Å². The molecule has 3 rings (SSSR count). The minimum absolute atomic E-state index is 0.190. The normalized spacial score (nSPS) is 18.2. The van der Waals surface area contributed by atoms with Gasteiger partial charge < -0.3 is 20.6 Å². The molecule has 2 atom stereocenters. The molecule has 39 heavy (non-hydrogen) atoms. The number of halogens is 5. The minimum atomic E-state index is -4.76. The van der Waals surface area contributed by atoms with Crippen molar-refractivity contribution in [3.63, 3.8) is 0 Å². The van der Waals surface area contributed by atoms with Gasteiger partial charge in [-0.25, -0.2) is 18.3 Å². The van der Waals surface area contributed by atoms with Crippen LogP contribution in [0.15, 0.2) is 12.0 Å². The highest BCUT2D eigenvalue weighted by atomic mass is 19.4. The van der Waals surface area contributed by atoms with Crippen molar-refractivity contribution >= 4 is 17.7 Å². The second-order valence-corrected chi connectivity index (χ2v) is 10.8. The maximum Gasteiger partial charge on any atom is 0.408 e.